The van der Waals surface area contributed by atoms with Crippen molar-refractivity contribution in [3.8, 4) is 12.1 Å². The molecule has 1 aliphatic heterocycles. The van der Waals surface area contributed by atoms with Gasteiger partial charge in [0, 0.05) is 15.4 Å². The van der Waals surface area contributed by atoms with Gasteiger partial charge in [-0.15, -0.1) is 0 Å². The summed E-state index contributed by atoms with van der Waals surface area (Å²) >= 11 is 1.65. The number of benzene rings is 1. The Kier molecular flexibility index (Phi) is 3.67. The molecule has 1 aromatic rings. The summed E-state index contributed by atoms with van der Waals surface area (Å²) < 4.78 is 0. The van der Waals surface area contributed by atoms with Crippen LogP contribution < -0.4 is 0 Å². The van der Waals surface area contributed by atoms with Gasteiger partial charge in [-0.3, -0.25) is 0 Å². The van der Waals surface area contributed by atoms with Crippen molar-refractivity contribution in [3.63, 3.8) is 0 Å². The maximum absolute atomic E-state index is 9.04. The molecule has 0 spiro atoms. The van der Waals surface area contributed by atoms with Crippen LogP contribution in [0.15, 0.2) is 57.9 Å². The second-order valence-electron chi connectivity index (χ2n) is 3.66. The van der Waals surface area contributed by atoms with Gasteiger partial charge in [0.1, 0.15) is 17.7 Å². The summed E-state index contributed by atoms with van der Waals surface area (Å²) in [7, 11) is 0. The topological polar surface area (TPSA) is 47.6 Å². The van der Waals surface area contributed by atoms with Gasteiger partial charge in [0.05, 0.1) is 0 Å². The van der Waals surface area contributed by atoms with E-state index in [2.05, 4.69) is 0 Å². The highest BCUT2D eigenvalue weighted by Gasteiger charge is 2.17. The predicted molar refractivity (Wildman–Crippen MR) is 73.3 cm³/mol. The van der Waals surface area contributed by atoms with Gasteiger partial charge < -0.3 is 0 Å². The minimum Gasteiger partial charge on any atom is -0.192 e. The fourth-order valence-corrected chi connectivity index (χ4v) is 2.82. The minimum absolute atomic E-state index is 0.157. The van der Waals surface area contributed by atoms with E-state index < -0.39 is 0 Å². The molecule has 0 N–H and O–H groups in total. The summed E-state index contributed by atoms with van der Waals surface area (Å²) in [5.41, 5.74) is 1.82. The first kappa shape index (κ1) is 12.2. The minimum atomic E-state index is 0.157. The second-order valence-corrected chi connectivity index (χ2v) is 4.77. The van der Waals surface area contributed by atoms with Crippen LogP contribution in [0.2, 0.25) is 0 Å². The second kappa shape index (κ2) is 5.40. The van der Waals surface area contributed by atoms with Crippen molar-refractivity contribution in [2.45, 2.75) is 11.8 Å². The van der Waals surface area contributed by atoms with E-state index in [9.17, 15) is 0 Å². The lowest BCUT2D eigenvalue weighted by atomic mass is 10.00. The third-order valence-corrected chi connectivity index (χ3v) is 3.58. The van der Waals surface area contributed by atoms with Crippen LogP contribution in [0.1, 0.15) is 12.5 Å². The maximum atomic E-state index is 9.04. The van der Waals surface area contributed by atoms with Gasteiger partial charge in [-0.25, -0.2) is 0 Å². The van der Waals surface area contributed by atoms with Gasteiger partial charge in [-0.05, 0) is 24.6 Å². The average Bonchev–Trinajstić information content (AvgIpc) is 2.40. The van der Waals surface area contributed by atoms with Crippen molar-refractivity contribution < 1.29 is 0 Å². The zero-order valence-electron chi connectivity index (χ0n) is 9.84. The highest BCUT2D eigenvalue weighted by atomic mass is 32.2. The van der Waals surface area contributed by atoms with Crippen LogP contribution in [0.5, 0.6) is 0 Å². The first-order valence-electron chi connectivity index (χ1n) is 5.46. The molecule has 3 heteroatoms. The molecule has 86 valence electrons. The molecule has 0 atom stereocenters. The molecule has 0 saturated heterocycles. The van der Waals surface area contributed by atoms with Crippen molar-refractivity contribution in [2.24, 2.45) is 0 Å². The van der Waals surface area contributed by atoms with Gasteiger partial charge in [-0.2, -0.15) is 10.5 Å². The zero-order valence-corrected chi connectivity index (χ0v) is 10.7. The SMILES string of the molecule is C/C=C/C1=CC(=C(C#N)C#N)c2ccccc2S1. The van der Waals surface area contributed by atoms with Gasteiger partial charge in [0.2, 0.25) is 0 Å². The third kappa shape index (κ3) is 2.22. The van der Waals surface area contributed by atoms with Gasteiger partial charge in [0.25, 0.3) is 0 Å². The Morgan fingerprint density at radius 1 is 1.22 bits per heavy atom. The van der Waals surface area contributed by atoms with Crippen LogP contribution in [0.3, 0.4) is 0 Å². The molecule has 1 aromatic carbocycles. The van der Waals surface area contributed by atoms with Crippen molar-refractivity contribution in [2.75, 3.05) is 0 Å². The summed E-state index contributed by atoms with van der Waals surface area (Å²) in [6.07, 6.45) is 5.82. The Morgan fingerprint density at radius 3 is 2.61 bits per heavy atom. The van der Waals surface area contributed by atoms with E-state index in [1.54, 1.807) is 11.8 Å². The van der Waals surface area contributed by atoms with E-state index in [0.717, 1.165) is 15.4 Å². The Balaban J connectivity index is 2.68. The van der Waals surface area contributed by atoms with Crippen molar-refractivity contribution in [1.29, 1.82) is 10.5 Å². The quantitative estimate of drug-likeness (QED) is 0.706. The molecule has 0 unspecified atom stereocenters. The molecular weight excluding hydrogens is 240 g/mol. The molecule has 0 radical (unpaired) electrons. The Hall–Kier alpha value is -2.23. The number of nitriles is 2. The van der Waals surface area contributed by atoms with Crippen molar-refractivity contribution in [1.82, 2.24) is 0 Å². The predicted octanol–water partition coefficient (Wildman–Crippen LogP) is 4.05. The molecule has 0 aliphatic carbocycles. The fraction of sp³-hybridized carbons (Fsp3) is 0.0667. The lowest BCUT2D eigenvalue weighted by Crippen LogP contribution is -1.95. The van der Waals surface area contributed by atoms with Crippen LogP contribution in [0.25, 0.3) is 5.57 Å². The van der Waals surface area contributed by atoms with Crippen LogP contribution in [0.4, 0.5) is 0 Å². The molecule has 18 heavy (non-hydrogen) atoms. The summed E-state index contributed by atoms with van der Waals surface area (Å²) in [5, 5.41) is 18.1. The number of hydrogen-bond acceptors (Lipinski definition) is 3. The molecular formula is C15H10N2S. The van der Waals surface area contributed by atoms with E-state index in [1.165, 1.54) is 0 Å². The van der Waals surface area contributed by atoms with Crippen molar-refractivity contribution >= 4 is 17.3 Å². The summed E-state index contributed by atoms with van der Waals surface area (Å²) in [6.45, 7) is 1.95. The molecule has 2 rings (SSSR count). The molecule has 0 fully saturated rings. The summed E-state index contributed by atoms with van der Waals surface area (Å²) in [4.78, 5) is 2.11. The van der Waals surface area contributed by atoms with E-state index in [1.807, 2.05) is 61.6 Å². The maximum Gasteiger partial charge on any atom is 0.137 e. The van der Waals surface area contributed by atoms with E-state index in [0.29, 0.717) is 5.57 Å². The third-order valence-electron chi connectivity index (χ3n) is 2.52. The summed E-state index contributed by atoms with van der Waals surface area (Å²) in [6, 6.07) is 11.7. The van der Waals surface area contributed by atoms with Gasteiger partial charge >= 0.3 is 0 Å². The summed E-state index contributed by atoms with van der Waals surface area (Å²) in [5.74, 6) is 0. The number of thioether (sulfide) groups is 1. The molecule has 0 aromatic heterocycles. The first-order chi connectivity index (χ1) is 8.80. The lowest BCUT2D eigenvalue weighted by molar-refractivity contribution is 1.37. The first-order valence-corrected chi connectivity index (χ1v) is 6.28. The van der Waals surface area contributed by atoms with E-state index in [4.69, 9.17) is 10.5 Å². The molecule has 1 aliphatic rings. The van der Waals surface area contributed by atoms with Crippen LogP contribution >= 0.6 is 11.8 Å². The highest BCUT2D eigenvalue weighted by molar-refractivity contribution is 8.03. The molecule has 0 bridgehead atoms. The largest absolute Gasteiger partial charge is 0.192 e. The monoisotopic (exact) mass is 250 g/mol. The lowest BCUT2D eigenvalue weighted by Gasteiger charge is -2.16. The average molecular weight is 250 g/mol. The molecule has 1 heterocycles. The Labute approximate surface area is 111 Å². The molecule has 0 amide bonds. The molecule has 2 nitrogen and oxygen atoms in total. The van der Waals surface area contributed by atoms with Crippen LogP contribution in [-0.4, -0.2) is 0 Å². The van der Waals surface area contributed by atoms with Crippen molar-refractivity contribution in [3.05, 3.63) is 58.5 Å². The van der Waals surface area contributed by atoms with E-state index >= 15 is 0 Å². The normalized spacial score (nSPS) is 13.5. The van der Waals surface area contributed by atoms with Crippen LogP contribution in [-0.2, 0) is 0 Å². The van der Waals surface area contributed by atoms with E-state index in [-0.39, 0.29) is 5.57 Å². The fourth-order valence-electron chi connectivity index (χ4n) is 1.75. The molecule has 0 saturated carbocycles. The highest BCUT2D eigenvalue weighted by Crippen LogP contribution is 2.41. The number of allylic oxidation sites excluding steroid dienone is 5. The standard InChI is InChI=1S/C15H10N2S/c1-2-5-12-8-14(11(9-16)10-17)13-6-3-4-7-15(13)18-12/h2-8H,1H3/b5-2+. The van der Waals surface area contributed by atoms with Gasteiger partial charge in [-0.1, -0.05) is 42.1 Å². The van der Waals surface area contributed by atoms with Gasteiger partial charge in [0.15, 0.2) is 0 Å². The number of fused-ring (bicyclic) bond motifs is 1. The Bertz CT molecular complexity index is 636. The zero-order chi connectivity index (χ0) is 13.0. The smallest absolute Gasteiger partial charge is 0.137 e. The number of rotatable bonds is 1. The Morgan fingerprint density at radius 2 is 1.94 bits per heavy atom. The van der Waals surface area contributed by atoms with Crippen LogP contribution in [0, 0.1) is 22.7 Å². The number of hydrogen-bond donors (Lipinski definition) is 0. The number of nitrogens with zero attached hydrogens (tertiary/aromatic N) is 2.